The highest BCUT2D eigenvalue weighted by Gasteiger charge is 2.18. The molecule has 1 unspecified atom stereocenters. The predicted molar refractivity (Wildman–Crippen MR) is 105 cm³/mol. The van der Waals surface area contributed by atoms with E-state index in [-0.39, 0.29) is 24.1 Å². The third-order valence-electron chi connectivity index (χ3n) is 4.11. The van der Waals surface area contributed by atoms with E-state index >= 15 is 0 Å². The number of aromatic nitrogens is 1. The summed E-state index contributed by atoms with van der Waals surface area (Å²) in [5.74, 6) is -1.50. The van der Waals surface area contributed by atoms with Gasteiger partial charge >= 0.3 is 0 Å². The van der Waals surface area contributed by atoms with Gasteiger partial charge < -0.3 is 10.6 Å². The Labute approximate surface area is 160 Å². The second-order valence-electron chi connectivity index (χ2n) is 6.11. The van der Waals surface area contributed by atoms with Crippen molar-refractivity contribution in [3.05, 3.63) is 52.6 Å². The molecule has 3 rings (SSSR count). The van der Waals surface area contributed by atoms with Crippen LogP contribution in [0.25, 0.3) is 0 Å². The van der Waals surface area contributed by atoms with E-state index < -0.39 is 5.92 Å². The van der Waals surface area contributed by atoms with Crippen molar-refractivity contribution in [2.24, 2.45) is 10.9 Å². The Bertz CT molecular complexity index is 946. The zero-order valence-corrected chi connectivity index (χ0v) is 15.7. The average molecular weight is 382 g/mol. The lowest BCUT2D eigenvalue weighted by Gasteiger charge is -2.09. The first kappa shape index (κ1) is 18.7. The molecule has 1 aliphatic rings. The number of carbonyl (C=O) groups excluding carboxylic acids is 3. The number of aliphatic imine (C=N–C) groups is 1. The fourth-order valence-electron chi connectivity index (χ4n) is 2.47. The Balaban J connectivity index is 1.57. The molecule has 138 valence electrons. The number of hydrogen-bond acceptors (Lipinski definition) is 5. The van der Waals surface area contributed by atoms with Crippen molar-refractivity contribution >= 4 is 46.1 Å². The molecule has 27 heavy (non-hydrogen) atoms. The van der Waals surface area contributed by atoms with Gasteiger partial charge in [-0.2, -0.15) is 0 Å². The van der Waals surface area contributed by atoms with Gasteiger partial charge in [0.15, 0.2) is 5.13 Å². The molecule has 2 N–H and O–H groups in total. The molecule has 7 nitrogen and oxygen atoms in total. The van der Waals surface area contributed by atoms with E-state index in [1.807, 2.05) is 32.0 Å². The molecule has 1 aromatic carbocycles. The smallest absolute Gasteiger partial charge is 0.269 e. The lowest BCUT2D eigenvalue weighted by molar-refractivity contribution is -0.117. The molecule has 0 bridgehead atoms. The van der Waals surface area contributed by atoms with Crippen molar-refractivity contribution in [1.82, 2.24) is 4.98 Å². The molecule has 3 amide bonds. The summed E-state index contributed by atoms with van der Waals surface area (Å²) in [6.07, 6.45) is 4.15. The van der Waals surface area contributed by atoms with E-state index in [1.165, 1.54) is 29.7 Å². The van der Waals surface area contributed by atoms with Gasteiger partial charge in [-0.3, -0.25) is 14.4 Å². The van der Waals surface area contributed by atoms with E-state index in [4.69, 9.17) is 0 Å². The number of aryl methyl sites for hydroxylation is 1. The van der Waals surface area contributed by atoms with Gasteiger partial charge in [-0.15, -0.1) is 11.3 Å². The van der Waals surface area contributed by atoms with Gasteiger partial charge in [-0.1, -0.05) is 18.2 Å². The Morgan fingerprint density at radius 3 is 2.78 bits per heavy atom. The fraction of sp³-hybridized carbons (Fsp3) is 0.211. The highest BCUT2D eigenvalue weighted by Crippen LogP contribution is 2.20. The number of nitrogens with one attached hydrogen (secondary N) is 2. The second-order valence-corrected chi connectivity index (χ2v) is 6.97. The van der Waals surface area contributed by atoms with Crippen LogP contribution >= 0.6 is 11.3 Å². The largest absolute Gasteiger partial charge is 0.325 e. The maximum absolute atomic E-state index is 12.3. The van der Waals surface area contributed by atoms with Crippen LogP contribution in [0.15, 0.2) is 40.7 Å². The van der Waals surface area contributed by atoms with E-state index in [0.29, 0.717) is 10.8 Å². The Morgan fingerprint density at radius 2 is 2.04 bits per heavy atom. The summed E-state index contributed by atoms with van der Waals surface area (Å²) in [6.45, 7) is 3.94. The molecule has 0 spiro atoms. The minimum absolute atomic E-state index is 0.110. The summed E-state index contributed by atoms with van der Waals surface area (Å²) in [6, 6.07) is 5.74. The number of carbonyl (C=O) groups is 3. The molecular weight excluding hydrogens is 364 g/mol. The minimum Gasteiger partial charge on any atom is -0.325 e. The Hall–Kier alpha value is -3.13. The van der Waals surface area contributed by atoms with Crippen molar-refractivity contribution in [1.29, 1.82) is 0 Å². The summed E-state index contributed by atoms with van der Waals surface area (Å²) in [4.78, 5) is 43.3. The second kappa shape index (κ2) is 8.05. The SMILES string of the molecule is Cc1cccc(NC(=O)Cc2csc(NC(=O)C3C=CC(=O)N=C3)n2)c1C. The van der Waals surface area contributed by atoms with Crippen LogP contribution in [0.5, 0.6) is 0 Å². The normalized spacial score (nSPS) is 15.6. The van der Waals surface area contributed by atoms with Gasteiger partial charge in [0.05, 0.1) is 18.0 Å². The molecular formula is C19H18N4O3S. The van der Waals surface area contributed by atoms with Crippen LogP contribution in [0.3, 0.4) is 0 Å². The molecule has 0 saturated carbocycles. The summed E-state index contributed by atoms with van der Waals surface area (Å²) < 4.78 is 0. The summed E-state index contributed by atoms with van der Waals surface area (Å²) >= 11 is 1.24. The highest BCUT2D eigenvalue weighted by atomic mass is 32.1. The fourth-order valence-corrected chi connectivity index (χ4v) is 3.18. The lowest BCUT2D eigenvalue weighted by atomic mass is 10.1. The van der Waals surface area contributed by atoms with Gasteiger partial charge in [-0.25, -0.2) is 9.98 Å². The first-order chi connectivity index (χ1) is 12.9. The van der Waals surface area contributed by atoms with Crippen LogP contribution in [-0.2, 0) is 20.8 Å². The van der Waals surface area contributed by atoms with Gasteiger partial charge in [0.25, 0.3) is 5.91 Å². The predicted octanol–water partition coefficient (Wildman–Crippen LogP) is 2.66. The molecule has 0 saturated heterocycles. The third kappa shape index (κ3) is 4.73. The zero-order valence-electron chi connectivity index (χ0n) is 14.9. The summed E-state index contributed by atoms with van der Waals surface area (Å²) in [5, 5.41) is 7.68. The molecule has 8 heteroatoms. The van der Waals surface area contributed by atoms with Gasteiger partial charge in [0.2, 0.25) is 11.8 Å². The Morgan fingerprint density at radius 1 is 1.22 bits per heavy atom. The first-order valence-corrected chi connectivity index (χ1v) is 9.18. The number of amides is 3. The molecule has 2 heterocycles. The van der Waals surface area contributed by atoms with Crippen LogP contribution in [0.2, 0.25) is 0 Å². The monoisotopic (exact) mass is 382 g/mol. The van der Waals surface area contributed by atoms with Crippen LogP contribution in [-0.4, -0.2) is 28.9 Å². The van der Waals surface area contributed by atoms with Crippen molar-refractivity contribution in [3.63, 3.8) is 0 Å². The van der Waals surface area contributed by atoms with Crippen molar-refractivity contribution in [2.45, 2.75) is 20.3 Å². The number of hydrogen-bond donors (Lipinski definition) is 2. The zero-order chi connectivity index (χ0) is 19.4. The number of rotatable bonds is 5. The van der Waals surface area contributed by atoms with Crippen molar-refractivity contribution in [2.75, 3.05) is 10.6 Å². The van der Waals surface area contributed by atoms with Crippen LogP contribution in [0, 0.1) is 19.8 Å². The minimum atomic E-state index is -0.609. The summed E-state index contributed by atoms with van der Waals surface area (Å²) in [5.41, 5.74) is 3.48. The maximum atomic E-state index is 12.3. The van der Waals surface area contributed by atoms with Gasteiger partial charge in [-0.05, 0) is 31.0 Å². The highest BCUT2D eigenvalue weighted by molar-refractivity contribution is 7.14. The van der Waals surface area contributed by atoms with Gasteiger partial charge in [0, 0.05) is 23.4 Å². The van der Waals surface area contributed by atoms with E-state index in [9.17, 15) is 14.4 Å². The third-order valence-corrected chi connectivity index (χ3v) is 4.92. The number of anilines is 2. The van der Waals surface area contributed by atoms with Crippen LogP contribution < -0.4 is 10.6 Å². The first-order valence-electron chi connectivity index (χ1n) is 8.30. The van der Waals surface area contributed by atoms with Crippen LogP contribution in [0.4, 0.5) is 10.8 Å². The summed E-state index contributed by atoms with van der Waals surface area (Å²) in [7, 11) is 0. The Kier molecular flexibility index (Phi) is 5.56. The molecule has 1 aliphatic heterocycles. The van der Waals surface area contributed by atoms with E-state index in [2.05, 4.69) is 20.6 Å². The topological polar surface area (TPSA) is 101 Å². The molecule has 0 fully saturated rings. The number of dihydropyridines is 1. The lowest BCUT2D eigenvalue weighted by Crippen LogP contribution is -2.24. The van der Waals surface area contributed by atoms with Crippen molar-refractivity contribution in [3.8, 4) is 0 Å². The van der Waals surface area contributed by atoms with E-state index in [0.717, 1.165) is 16.8 Å². The molecule has 0 radical (unpaired) electrons. The number of nitrogens with zero attached hydrogens (tertiary/aromatic N) is 2. The molecule has 1 atom stereocenters. The van der Waals surface area contributed by atoms with Crippen LogP contribution in [0.1, 0.15) is 16.8 Å². The van der Waals surface area contributed by atoms with Crippen molar-refractivity contribution < 1.29 is 14.4 Å². The quantitative estimate of drug-likeness (QED) is 0.830. The molecule has 1 aromatic heterocycles. The number of thiazole rings is 1. The average Bonchev–Trinajstić information content (AvgIpc) is 3.06. The standard InChI is InChI=1S/C19H18N4O3S/c1-11-4-3-5-15(12(11)2)22-17(25)8-14-10-27-19(21-14)23-18(26)13-6-7-16(24)20-9-13/h3-7,9-10,13H,8H2,1-2H3,(H,22,25)(H,21,23,26). The van der Waals surface area contributed by atoms with Gasteiger partial charge in [0.1, 0.15) is 0 Å². The molecule has 2 aromatic rings. The van der Waals surface area contributed by atoms with E-state index in [1.54, 1.807) is 5.38 Å². The molecule has 0 aliphatic carbocycles. The maximum Gasteiger partial charge on any atom is 0.269 e. The number of benzene rings is 1.